The zero-order chi connectivity index (χ0) is 5.82. The van der Waals surface area contributed by atoms with Crippen LogP contribution in [-0.4, -0.2) is 25.5 Å². The SMILES string of the molecule is O.OCc1ncncn1. The van der Waals surface area contributed by atoms with Gasteiger partial charge in [-0.3, -0.25) is 0 Å². The zero-order valence-corrected chi connectivity index (χ0v) is 4.65. The lowest BCUT2D eigenvalue weighted by Crippen LogP contribution is -1.92. The molecule has 3 N–H and O–H groups in total. The van der Waals surface area contributed by atoms with Gasteiger partial charge in [-0.2, -0.15) is 0 Å². The Morgan fingerprint density at radius 3 is 2.22 bits per heavy atom. The molecule has 0 aliphatic heterocycles. The number of nitrogens with zero attached hydrogens (tertiary/aromatic N) is 3. The molecule has 0 aromatic carbocycles. The highest BCUT2D eigenvalue weighted by molar-refractivity contribution is 4.75. The lowest BCUT2D eigenvalue weighted by molar-refractivity contribution is 0.271. The minimum atomic E-state index is -0.123. The van der Waals surface area contributed by atoms with Gasteiger partial charge in [-0.05, 0) is 0 Å². The van der Waals surface area contributed by atoms with Crippen LogP contribution in [0.5, 0.6) is 0 Å². The van der Waals surface area contributed by atoms with Gasteiger partial charge in [-0.1, -0.05) is 0 Å². The molecule has 0 fully saturated rings. The lowest BCUT2D eigenvalue weighted by Gasteiger charge is -1.86. The first kappa shape index (κ1) is 7.93. The Kier molecular flexibility index (Phi) is 3.41. The molecular weight excluding hydrogens is 122 g/mol. The minimum Gasteiger partial charge on any atom is -0.412 e. The van der Waals surface area contributed by atoms with E-state index in [1.54, 1.807) is 0 Å². The molecule has 0 aliphatic carbocycles. The third-order valence-corrected chi connectivity index (χ3v) is 0.688. The van der Waals surface area contributed by atoms with Crippen LogP contribution in [0.4, 0.5) is 0 Å². The van der Waals surface area contributed by atoms with E-state index >= 15 is 0 Å². The van der Waals surface area contributed by atoms with Gasteiger partial charge in [0.1, 0.15) is 19.3 Å². The van der Waals surface area contributed by atoms with E-state index in [-0.39, 0.29) is 12.1 Å². The summed E-state index contributed by atoms with van der Waals surface area (Å²) in [6, 6.07) is 0. The number of rotatable bonds is 1. The molecule has 0 saturated heterocycles. The standard InChI is InChI=1S/C4H5N3O.H2O/c8-1-4-6-2-5-3-7-4;/h2-3,8H,1H2;1H2. The van der Waals surface area contributed by atoms with Crippen molar-refractivity contribution in [1.29, 1.82) is 0 Å². The maximum Gasteiger partial charge on any atom is 0.157 e. The molecule has 1 aromatic heterocycles. The van der Waals surface area contributed by atoms with Crippen LogP contribution >= 0.6 is 0 Å². The predicted octanol–water partition coefficient (Wildman–Crippen LogP) is -1.46. The fourth-order valence-corrected chi connectivity index (χ4v) is 0.345. The van der Waals surface area contributed by atoms with Crippen molar-refractivity contribution in [2.45, 2.75) is 6.61 Å². The molecule has 9 heavy (non-hydrogen) atoms. The molecule has 1 aromatic rings. The second kappa shape index (κ2) is 3.88. The molecule has 5 nitrogen and oxygen atoms in total. The quantitative estimate of drug-likeness (QED) is 0.501. The van der Waals surface area contributed by atoms with Crippen molar-refractivity contribution < 1.29 is 10.6 Å². The molecule has 0 atom stereocenters. The molecule has 50 valence electrons. The van der Waals surface area contributed by atoms with E-state index in [2.05, 4.69) is 15.0 Å². The summed E-state index contributed by atoms with van der Waals surface area (Å²) < 4.78 is 0. The van der Waals surface area contributed by atoms with Crippen LogP contribution in [0.1, 0.15) is 5.82 Å². The number of hydrogen-bond donors (Lipinski definition) is 1. The number of hydrogen-bond acceptors (Lipinski definition) is 4. The van der Waals surface area contributed by atoms with Crippen LogP contribution in [0.3, 0.4) is 0 Å². The third-order valence-electron chi connectivity index (χ3n) is 0.688. The van der Waals surface area contributed by atoms with Crippen molar-refractivity contribution in [3.8, 4) is 0 Å². The fourth-order valence-electron chi connectivity index (χ4n) is 0.345. The highest BCUT2D eigenvalue weighted by Gasteiger charge is 1.85. The summed E-state index contributed by atoms with van der Waals surface area (Å²) in [7, 11) is 0. The summed E-state index contributed by atoms with van der Waals surface area (Å²) in [5, 5.41) is 8.38. The normalized spacial score (nSPS) is 8.11. The molecule has 0 amide bonds. The lowest BCUT2D eigenvalue weighted by atomic mass is 10.7. The second-order valence-corrected chi connectivity index (χ2v) is 1.21. The van der Waals surface area contributed by atoms with E-state index in [4.69, 9.17) is 5.11 Å². The van der Waals surface area contributed by atoms with Crippen LogP contribution in [-0.2, 0) is 6.61 Å². The van der Waals surface area contributed by atoms with Crippen molar-refractivity contribution >= 4 is 0 Å². The molecule has 0 bridgehead atoms. The third kappa shape index (κ3) is 2.11. The average Bonchev–Trinajstić information content (AvgIpc) is 1.90. The smallest absolute Gasteiger partial charge is 0.157 e. The largest absolute Gasteiger partial charge is 0.412 e. The number of aliphatic hydroxyl groups excluding tert-OH is 1. The van der Waals surface area contributed by atoms with E-state index < -0.39 is 0 Å². The number of aromatic nitrogens is 3. The second-order valence-electron chi connectivity index (χ2n) is 1.21. The van der Waals surface area contributed by atoms with Crippen molar-refractivity contribution in [2.75, 3.05) is 0 Å². The van der Waals surface area contributed by atoms with Gasteiger partial charge in [0.15, 0.2) is 5.82 Å². The summed E-state index contributed by atoms with van der Waals surface area (Å²) in [6.45, 7) is -0.123. The first-order valence-electron chi connectivity index (χ1n) is 2.15. The Hall–Kier alpha value is -1.07. The molecule has 0 radical (unpaired) electrons. The molecule has 0 unspecified atom stereocenters. The van der Waals surface area contributed by atoms with Gasteiger partial charge in [0.05, 0.1) is 0 Å². The Morgan fingerprint density at radius 2 is 1.89 bits per heavy atom. The highest BCUT2D eigenvalue weighted by Crippen LogP contribution is 1.79. The van der Waals surface area contributed by atoms with Gasteiger partial charge < -0.3 is 10.6 Å². The molecule has 1 rings (SSSR count). The summed E-state index contributed by atoms with van der Waals surface area (Å²) >= 11 is 0. The Bertz CT molecular complexity index is 155. The van der Waals surface area contributed by atoms with Crippen LogP contribution in [0.25, 0.3) is 0 Å². The Labute approximate surface area is 51.7 Å². The van der Waals surface area contributed by atoms with Gasteiger partial charge in [-0.15, -0.1) is 0 Å². The van der Waals surface area contributed by atoms with E-state index in [0.29, 0.717) is 5.82 Å². The van der Waals surface area contributed by atoms with Crippen LogP contribution < -0.4 is 0 Å². The number of aliphatic hydroxyl groups is 1. The minimum absolute atomic E-state index is 0. The fraction of sp³-hybridized carbons (Fsp3) is 0.250. The van der Waals surface area contributed by atoms with Crippen molar-refractivity contribution in [3.63, 3.8) is 0 Å². The van der Waals surface area contributed by atoms with Crippen molar-refractivity contribution in [2.24, 2.45) is 0 Å². The monoisotopic (exact) mass is 129 g/mol. The van der Waals surface area contributed by atoms with Gasteiger partial charge >= 0.3 is 0 Å². The van der Waals surface area contributed by atoms with Crippen molar-refractivity contribution in [1.82, 2.24) is 15.0 Å². The van der Waals surface area contributed by atoms with Crippen LogP contribution in [0, 0.1) is 0 Å². The van der Waals surface area contributed by atoms with E-state index in [1.807, 2.05) is 0 Å². The molecule has 0 saturated carbocycles. The first-order chi connectivity index (χ1) is 3.93. The summed E-state index contributed by atoms with van der Waals surface area (Å²) in [4.78, 5) is 10.8. The van der Waals surface area contributed by atoms with Crippen LogP contribution in [0.2, 0.25) is 0 Å². The molecule has 0 aliphatic rings. The summed E-state index contributed by atoms with van der Waals surface area (Å²) in [5.74, 6) is 0.403. The van der Waals surface area contributed by atoms with Crippen molar-refractivity contribution in [3.05, 3.63) is 18.5 Å². The van der Waals surface area contributed by atoms with Gasteiger partial charge in [0.25, 0.3) is 0 Å². The maximum atomic E-state index is 8.38. The molecule has 1 heterocycles. The highest BCUT2D eigenvalue weighted by atomic mass is 16.3. The Balaban J connectivity index is 0.000000640. The topological polar surface area (TPSA) is 90.4 Å². The van der Waals surface area contributed by atoms with Gasteiger partial charge in [0, 0.05) is 0 Å². The first-order valence-corrected chi connectivity index (χ1v) is 2.15. The van der Waals surface area contributed by atoms with E-state index in [1.165, 1.54) is 12.7 Å². The van der Waals surface area contributed by atoms with E-state index in [0.717, 1.165) is 0 Å². The Morgan fingerprint density at radius 1 is 1.33 bits per heavy atom. The molecule has 5 heteroatoms. The summed E-state index contributed by atoms with van der Waals surface area (Å²) in [6.07, 6.45) is 2.69. The van der Waals surface area contributed by atoms with Gasteiger partial charge in [-0.25, -0.2) is 15.0 Å². The van der Waals surface area contributed by atoms with E-state index in [9.17, 15) is 0 Å². The van der Waals surface area contributed by atoms with Crippen LogP contribution in [0.15, 0.2) is 12.7 Å². The predicted molar refractivity (Wildman–Crippen MR) is 29.4 cm³/mol. The molecular formula is C4H7N3O2. The van der Waals surface area contributed by atoms with Gasteiger partial charge in [0.2, 0.25) is 0 Å². The molecule has 0 spiro atoms. The average molecular weight is 129 g/mol. The maximum absolute atomic E-state index is 8.38. The zero-order valence-electron chi connectivity index (χ0n) is 4.65. The summed E-state index contributed by atoms with van der Waals surface area (Å²) in [5.41, 5.74) is 0.